The van der Waals surface area contributed by atoms with Crippen molar-refractivity contribution < 1.29 is 9.53 Å². The number of hydrogen-bond donors (Lipinski definition) is 1. The summed E-state index contributed by atoms with van der Waals surface area (Å²) in [4.78, 5) is 13.6. The molecule has 1 N–H and O–H groups in total. The second-order valence-corrected chi connectivity index (χ2v) is 4.58. The molecule has 1 heterocycles. The van der Waals surface area contributed by atoms with Gasteiger partial charge in [0.05, 0.1) is 6.61 Å². The van der Waals surface area contributed by atoms with Crippen molar-refractivity contribution >= 4 is 6.03 Å². The highest BCUT2D eigenvalue weighted by Crippen LogP contribution is 2.20. The predicted octanol–water partition coefficient (Wildman–Crippen LogP) is 1.32. The summed E-state index contributed by atoms with van der Waals surface area (Å²) in [6, 6.07) is 0.0467. The molecule has 0 aromatic rings. The van der Waals surface area contributed by atoms with Gasteiger partial charge in [0.25, 0.3) is 0 Å². The first kappa shape index (κ1) is 12.3. The van der Waals surface area contributed by atoms with Gasteiger partial charge in [-0.3, -0.25) is 0 Å². The fourth-order valence-corrected chi connectivity index (χ4v) is 2.20. The van der Waals surface area contributed by atoms with Gasteiger partial charge in [-0.2, -0.15) is 0 Å². The number of urea groups is 1. The van der Waals surface area contributed by atoms with E-state index in [1.54, 1.807) is 7.11 Å². The maximum atomic E-state index is 11.7. The fraction of sp³-hybridized carbons (Fsp3) is 0.909. The average Bonchev–Trinajstić information content (AvgIpc) is 2.16. The number of amides is 2. The van der Waals surface area contributed by atoms with Crippen LogP contribution in [0.3, 0.4) is 0 Å². The number of ether oxygens (including phenoxy) is 1. The van der Waals surface area contributed by atoms with E-state index >= 15 is 0 Å². The van der Waals surface area contributed by atoms with Crippen LogP contribution in [0, 0.1) is 11.8 Å². The lowest BCUT2D eigenvalue weighted by Gasteiger charge is -2.34. The van der Waals surface area contributed by atoms with Crippen molar-refractivity contribution in [1.82, 2.24) is 10.2 Å². The van der Waals surface area contributed by atoms with Crippen LogP contribution in [0.4, 0.5) is 4.79 Å². The topological polar surface area (TPSA) is 41.6 Å². The number of methoxy groups -OCH3 is 1. The van der Waals surface area contributed by atoms with Crippen molar-refractivity contribution in [2.24, 2.45) is 11.8 Å². The molecule has 1 fully saturated rings. The lowest BCUT2D eigenvalue weighted by Crippen LogP contribution is -2.48. The summed E-state index contributed by atoms with van der Waals surface area (Å²) in [6.45, 7) is 7.32. The molecule has 1 aliphatic heterocycles. The quantitative estimate of drug-likeness (QED) is 0.720. The SMILES string of the molecule is COCCNC(=O)N1CC(C)CC(C)C1. The van der Waals surface area contributed by atoms with Gasteiger partial charge < -0.3 is 15.0 Å². The number of likely N-dealkylation sites (tertiary alicyclic amines) is 1. The Labute approximate surface area is 92.0 Å². The molecule has 2 atom stereocenters. The summed E-state index contributed by atoms with van der Waals surface area (Å²) in [5.74, 6) is 1.23. The summed E-state index contributed by atoms with van der Waals surface area (Å²) >= 11 is 0. The number of piperidine rings is 1. The first-order chi connectivity index (χ1) is 7.13. The zero-order chi connectivity index (χ0) is 11.3. The molecule has 4 heteroatoms. The van der Waals surface area contributed by atoms with Gasteiger partial charge in [0.1, 0.15) is 0 Å². The molecular formula is C11H22N2O2. The zero-order valence-electron chi connectivity index (χ0n) is 9.95. The smallest absolute Gasteiger partial charge is 0.317 e. The normalized spacial score (nSPS) is 26.5. The molecule has 0 aromatic carbocycles. The maximum Gasteiger partial charge on any atom is 0.317 e. The van der Waals surface area contributed by atoms with Crippen LogP contribution in [0.1, 0.15) is 20.3 Å². The van der Waals surface area contributed by atoms with Crippen molar-refractivity contribution in [3.8, 4) is 0 Å². The third-order valence-corrected chi connectivity index (χ3v) is 2.74. The van der Waals surface area contributed by atoms with Crippen LogP contribution in [0.5, 0.6) is 0 Å². The lowest BCUT2D eigenvalue weighted by atomic mass is 9.92. The second kappa shape index (κ2) is 5.95. The number of nitrogens with one attached hydrogen (secondary N) is 1. The molecule has 0 aliphatic carbocycles. The van der Waals surface area contributed by atoms with E-state index in [9.17, 15) is 4.79 Å². The molecule has 0 saturated carbocycles. The Morgan fingerprint density at radius 1 is 1.40 bits per heavy atom. The van der Waals surface area contributed by atoms with E-state index in [1.807, 2.05) is 4.90 Å². The number of rotatable bonds is 3. The zero-order valence-corrected chi connectivity index (χ0v) is 9.95. The maximum absolute atomic E-state index is 11.7. The number of carbonyl (C=O) groups is 1. The van der Waals surface area contributed by atoms with Crippen LogP contribution < -0.4 is 5.32 Å². The molecular weight excluding hydrogens is 192 g/mol. The average molecular weight is 214 g/mol. The van der Waals surface area contributed by atoms with Crippen molar-refractivity contribution in [2.75, 3.05) is 33.4 Å². The first-order valence-electron chi connectivity index (χ1n) is 5.65. The molecule has 2 amide bonds. The Bertz CT molecular complexity index is 199. The summed E-state index contributed by atoms with van der Waals surface area (Å²) < 4.78 is 4.89. The highest BCUT2D eigenvalue weighted by molar-refractivity contribution is 5.74. The summed E-state index contributed by atoms with van der Waals surface area (Å²) in [5.41, 5.74) is 0. The molecule has 2 unspecified atom stereocenters. The van der Waals surface area contributed by atoms with E-state index in [0.717, 1.165) is 13.1 Å². The summed E-state index contributed by atoms with van der Waals surface area (Å²) in [7, 11) is 1.64. The molecule has 0 bridgehead atoms. The largest absolute Gasteiger partial charge is 0.383 e. The van der Waals surface area contributed by atoms with E-state index in [1.165, 1.54) is 6.42 Å². The van der Waals surface area contributed by atoms with Crippen LogP contribution >= 0.6 is 0 Å². The molecule has 1 rings (SSSR count). The molecule has 0 aromatic heterocycles. The second-order valence-electron chi connectivity index (χ2n) is 4.58. The molecule has 0 radical (unpaired) electrons. The van der Waals surface area contributed by atoms with Crippen LogP contribution in [0.15, 0.2) is 0 Å². The third kappa shape index (κ3) is 4.08. The van der Waals surface area contributed by atoms with Gasteiger partial charge in [-0.1, -0.05) is 13.8 Å². The Morgan fingerprint density at radius 3 is 2.53 bits per heavy atom. The Balaban J connectivity index is 2.31. The summed E-state index contributed by atoms with van der Waals surface area (Å²) in [6.07, 6.45) is 1.22. The van der Waals surface area contributed by atoms with Crippen LogP contribution in [0.25, 0.3) is 0 Å². The van der Waals surface area contributed by atoms with Crippen LogP contribution in [0.2, 0.25) is 0 Å². The van der Waals surface area contributed by atoms with Crippen molar-refractivity contribution in [2.45, 2.75) is 20.3 Å². The van der Waals surface area contributed by atoms with Crippen molar-refractivity contribution in [3.63, 3.8) is 0 Å². The van der Waals surface area contributed by atoms with E-state index in [0.29, 0.717) is 25.0 Å². The minimum atomic E-state index is 0.0467. The summed E-state index contributed by atoms with van der Waals surface area (Å²) in [5, 5.41) is 2.86. The molecule has 1 aliphatic rings. The minimum Gasteiger partial charge on any atom is -0.383 e. The highest BCUT2D eigenvalue weighted by atomic mass is 16.5. The molecule has 88 valence electrons. The Hall–Kier alpha value is -0.770. The standard InChI is InChI=1S/C11H22N2O2/c1-9-6-10(2)8-13(7-9)11(14)12-4-5-15-3/h9-10H,4-8H2,1-3H3,(H,12,14). The number of hydrogen-bond acceptors (Lipinski definition) is 2. The van der Waals surface area contributed by atoms with Gasteiger partial charge in [-0.15, -0.1) is 0 Å². The lowest BCUT2D eigenvalue weighted by molar-refractivity contribution is 0.141. The highest BCUT2D eigenvalue weighted by Gasteiger charge is 2.24. The van der Waals surface area contributed by atoms with E-state index in [-0.39, 0.29) is 6.03 Å². The van der Waals surface area contributed by atoms with Gasteiger partial charge in [0, 0.05) is 26.7 Å². The Morgan fingerprint density at radius 2 is 2.00 bits per heavy atom. The van der Waals surface area contributed by atoms with Gasteiger partial charge in [0.15, 0.2) is 0 Å². The van der Waals surface area contributed by atoms with Crippen molar-refractivity contribution in [1.29, 1.82) is 0 Å². The molecule has 15 heavy (non-hydrogen) atoms. The Kier molecular flexibility index (Phi) is 4.88. The van der Waals surface area contributed by atoms with E-state index in [4.69, 9.17) is 4.74 Å². The number of carbonyl (C=O) groups excluding carboxylic acids is 1. The monoisotopic (exact) mass is 214 g/mol. The predicted molar refractivity (Wildman–Crippen MR) is 59.8 cm³/mol. The minimum absolute atomic E-state index is 0.0467. The number of nitrogens with zero attached hydrogens (tertiary/aromatic N) is 1. The third-order valence-electron chi connectivity index (χ3n) is 2.74. The van der Waals surface area contributed by atoms with E-state index in [2.05, 4.69) is 19.2 Å². The van der Waals surface area contributed by atoms with Crippen molar-refractivity contribution in [3.05, 3.63) is 0 Å². The molecule has 1 saturated heterocycles. The van der Waals surface area contributed by atoms with Crippen LogP contribution in [-0.4, -0.2) is 44.3 Å². The fourth-order valence-electron chi connectivity index (χ4n) is 2.20. The molecule has 0 spiro atoms. The van der Waals surface area contributed by atoms with Gasteiger partial charge in [-0.05, 0) is 18.3 Å². The van der Waals surface area contributed by atoms with Gasteiger partial charge in [0.2, 0.25) is 0 Å². The van der Waals surface area contributed by atoms with E-state index < -0.39 is 0 Å². The first-order valence-corrected chi connectivity index (χ1v) is 5.65. The van der Waals surface area contributed by atoms with Gasteiger partial charge >= 0.3 is 6.03 Å². The molecule has 4 nitrogen and oxygen atoms in total. The van der Waals surface area contributed by atoms with Crippen LogP contribution in [-0.2, 0) is 4.74 Å². The van der Waals surface area contributed by atoms with Gasteiger partial charge in [-0.25, -0.2) is 4.79 Å².